The summed E-state index contributed by atoms with van der Waals surface area (Å²) in [5.41, 5.74) is 4.01. The van der Waals surface area contributed by atoms with Crippen LogP contribution in [0.4, 0.5) is 5.69 Å². The van der Waals surface area contributed by atoms with E-state index in [1.165, 1.54) is 26.2 Å². The number of nitro benzene ring substituents is 1. The highest BCUT2D eigenvalue weighted by Crippen LogP contribution is 2.36. The van der Waals surface area contributed by atoms with Gasteiger partial charge >= 0.3 is 11.9 Å². The molecule has 1 aromatic heterocycles. The first-order valence-corrected chi connectivity index (χ1v) is 10.5. The minimum Gasteiger partial charge on any atom is -0.466 e. The van der Waals surface area contributed by atoms with Crippen molar-refractivity contribution in [1.82, 2.24) is 4.98 Å². The molecule has 0 bridgehead atoms. The lowest BCUT2D eigenvalue weighted by Crippen LogP contribution is -2.26. The Kier molecular flexibility index (Phi) is 6.17. The van der Waals surface area contributed by atoms with E-state index in [1.54, 1.807) is 18.2 Å². The molecule has 1 atom stereocenters. The Morgan fingerprint density at radius 2 is 1.94 bits per heavy atom. The van der Waals surface area contributed by atoms with Gasteiger partial charge in [-0.2, -0.15) is 0 Å². The van der Waals surface area contributed by atoms with E-state index in [0.29, 0.717) is 40.6 Å². The van der Waals surface area contributed by atoms with Gasteiger partial charge in [0.2, 0.25) is 0 Å². The van der Waals surface area contributed by atoms with Crippen LogP contribution in [0.25, 0.3) is 22.6 Å². The Balaban J connectivity index is 1.85. The predicted octanol–water partition coefficient (Wildman–Crippen LogP) is 4.74. The molecule has 3 aromatic rings. The van der Waals surface area contributed by atoms with Crippen LogP contribution in [0.2, 0.25) is 0 Å². The molecule has 0 saturated carbocycles. The second-order valence-corrected chi connectivity index (χ2v) is 7.78. The number of hydrogen-bond donors (Lipinski definition) is 0. The van der Waals surface area contributed by atoms with Crippen LogP contribution in [-0.4, -0.2) is 35.1 Å². The number of nitro groups is 1. The molecular formula is C25H22N2O6. The van der Waals surface area contributed by atoms with Gasteiger partial charge in [0.05, 0.1) is 28.8 Å². The number of pyridine rings is 1. The van der Waals surface area contributed by atoms with E-state index in [1.807, 2.05) is 24.3 Å². The van der Waals surface area contributed by atoms with Crippen molar-refractivity contribution >= 4 is 40.2 Å². The van der Waals surface area contributed by atoms with Gasteiger partial charge in [-0.05, 0) is 55.0 Å². The number of carbonyl (C=O) groups is 2. The summed E-state index contributed by atoms with van der Waals surface area (Å²) in [6.07, 6.45) is 2.94. The van der Waals surface area contributed by atoms with Gasteiger partial charge in [0.25, 0.3) is 5.69 Å². The van der Waals surface area contributed by atoms with Gasteiger partial charge in [-0.25, -0.2) is 14.6 Å². The first kappa shape index (κ1) is 22.1. The Bertz CT molecular complexity index is 1300. The number of carbonyl (C=O) groups excluding carboxylic acids is 2. The maximum atomic E-state index is 13.2. The number of rotatable bonds is 5. The summed E-state index contributed by atoms with van der Waals surface area (Å²) in [6.45, 7) is 1.47. The molecule has 0 saturated heterocycles. The molecule has 0 radical (unpaired) electrons. The molecule has 8 heteroatoms. The van der Waals surface area contributed by atoms with Crippen molar-refractivity contribution in [2.75, 3.05) is 7.11 Å². The molecule has 0 amide bonds. The second-order valence-electron chi connectivity index (χ2n) is 7.78. The molecule has 168 valence electrons. The highest BCUT2D eigenvalue weighted by molar-refractivity contribution is 6.07. The van der Waals surface area contributed by atoms with Crippen LogP contribution < -0.4 is 0 Å². The quantitative estimate of drug-likeness (QED) is 0.316. The van der Waals surface area contributed by atoms with E-state index < -0.39 is 23.0 Å². The Labute approximate surface area is 190 Å². The molecule has 33 heavy (non-hydrogen) atoms. The third-order valence-corrected chi connectivity index (χ3v) is 5.61. The number of fused-ring (bicyclic) bond motifs is 2. The number of non-ortho nitro benzene ring substituents is 1. The average Bonchev–Trinajstić information content (AvgIpc) is 2.82. The number of methoxy groups -OCH3 is 1. The smallest absolute Gasteiger partial charge is 0.346 e. The monoisotopic (exact) mass is 446 g/mol. The molecule has 2 aromatic carbocycles. The largest absolute Gasteiger partial charge is 0.466 e. The van der Waals surface area contributed by atoms with Crippen molar-refractivity contribution < 1.29 is 24.0 Å². The molecule has 0 N–H and O–H groups in total. The third-order valence-electron chi connectivity index (χ3n) is 5.61. The van der Waals surface area contributed by atoms with Gasteiger partial charge < -0.3 is 9.47 Å². The number of hydrogen-bond acceptors (Lipinski definition) is 7. The molecule has 0 fully saturated rings. The number of para-hydroxylation sites is 1. The fourth-order valence-electron chi connectivity index (χ4n) is 4.07. The lowest BCUT2D eigenvalue weighted by molar-refractivity contribution is -0.384. The Morgan fingerprint density at radius 1 is 1.15 bits per heavy atom. The summed E-state index contributed by atoms with van der Waals surface area (Å²) >= 11 is 0. The van der Waals surface area contributed by atoms with Crippen LogP contribution in [0, 0.1) is 10.1 Å². The van der Waals surface area contributed by atoms with E-state index in [0.717, 1.165) is 17.6 Å². The van der Waals surface area contributed by atoms with E-state index in [2.05, 4.69) is 4.74 Å². The molecule has 1 aliphatic carbocycles. The number of benzene rings is 2. The molecular weight excluding hydrogens is 424 g/mol. The maximum absolute atomic E-state index is 13.2. The van der Waals surface area contributed by atoms with Crippen molar-refractivity contribution in [3.8, 4) is 0 Å². The Morgan fingerprint density at radius 3 is 2.70 bits per heavy atom. The first-order chi connectivity index (χ1) is 15.9. The van der Waals surface area contributed by atoms with Crippen LogP contribution in [0.3, 0.4) is 0 Å². The summed E-state index contributed by atoms with van der Waals surface area (Å²) < 4.78 is 10.1. The lowest BCUT2D eigenvalue weighted by atomic mass is 9.86. The van der Waals surface area contributed by atoms with Gasteiger partial charge in [-0.3, -0.25) is 10.1 Å². The van der Waals surface area contributed by atoms with Crippen molar-refractivity contribution in [2.24, 2.45) is 0 Å². The maximum Gasteiger partial charge on any atom is 0.346 e. The van der Waals surface area contributed by atoms with Crippen molar-refractivity contribution in [2.45, 2.75) is 32.3 Å². The molecule has 1 heterocycles. The van der Waals surface area contributed by atoms with Gasteiger partial charge in [-0.15, -0.1) is 0 Å². The molecule has 1 aliphatic rings. The number of esters is 2. The highest BCUT2D eigenvalue weighted by Gasteiger charge is 2.28. The fraction of sp³-hybridized carbons (Fsp3) is 0.240. The van der Waals surface area contributed by atoms with Gasteiger partial charge in [0.15, 0.2) is 6.10 Å². The van der Waals surface area contributed by atoms with Crippen LogP contribution in [0.15, 0.2) is 48.5 Å². The highest BCUT2D eigenvalue weighted by atomic mass is 16.6. The summed E-state index contributed by atoms with van der Waals surface area (Å²) in [4.78, 5) is 40.5. The van der Waals surface area contributed by atoms with Crippen LogP contribution in [-0.2, 0) is 20.7 Å². The predicted molar refractivity (Wildman–Crippen MR) is 123 cm³/mol. The van der Waals surface area contributed by atoms with Gasteiger partial charge in [-0.1, -0.05) is 30.3 Å². The van der Waals surface area contributed by atoms with Crippen LogP contribution >= 0.6 is 0 Å². The second kappa shape index (κ2) is 9.20. The van der Waals surface area contributed by atoms with Gasteiger partial charge in [0.1, 0.15) is 0 Å². The van der Waals surface area contributed by atoms with Crippen LogP contribution in [0.5, 0.6) is 0 Å². The minimum absolute atomic E-state index is 0.00733. The lowest BCUT2D eigenvalue weighted by Gasteiger charge is -2.23. The molecule has 1 unspecified atom stereocenters. The SMILES string of the molecule is COC(=O)C(C)OC(=O)c1c2c(nc3ccccc13)/C(=C/c1cccc([N+](=O)[O-])c1)CCC2. The number of aromatic nitrogens is 1. The fourth-order valence-corrected chi connectivity index (χ4v) is 4.07. The van der Waals surface area contributed by atoms with E-state index in [9.17, 15) is 19.7 Å². The third kappa shape index (κ3) is 4.45. The summed E-state index contributed by atoms with van der Waals surface area (Å²) in [6, 6.07) is 13.7. The zero-order valence-electron chi connectivity index (χ0n) is 18.2. The summed E-state index contributed by atoms with van der Waals surface area (Å²) in [7, 11) is 1.24. The summed E-state index contributed by atoms with van der Waals surface area (Å²) in [5, 5.41) is 11.8. The zero-order valence-corrected chi connectivity index (χ0v) is 18.2. The average molecular weight is 446 g/mol. The number of ether oxygens (including phenoxy) is 2. The van der Waals surface area contributed by atoms with Gasteiger partial charge in [0, 0.05) is 17.5 Å². The number of nitrogens with zero attached hydrogens (tertiary/aromatic N) is 2. The first-order valence-electron chi connectivity index (χ1n) is 10.5. The zero-order chi connectivity index (χ0) is 23.5. The Hall–Kier alpha value is -4.07. The molecule has 4 rings (SSSR count). The van der Waals surface area contributed by atoms with E-state index >= 15 is 0 Å². The molecule has 0 aliphatic heterocycles. The molecule has 0 spiro atoms. The van der Waals surface area contributed by atoms with Crippen molar-refractivity contribution in [1.29, 1.82) is 0 Å². The van der Waals surface area contributed by atoms with Crippen LogP contribution in [0.1, 0.15) is 46.9 Å². The summed E-state index contributed by atoms with van der Waals surface area (Å²) in [5.74, 6) is -1.25. The van der Waals surface area contributed by atoms with Crippen molar-refractivity contribution in [3.63, 3.8) is 0 Å². The van der Waals surface area contributed by atoms with E-state index in [4.69, 9.17) is 9.72 Å². The topological polar surface area (TPSA) is 109 Å². The normalized spacial score (nSPS) is 15.0. The van der Waals surface area contributed by atoms with E-state index in [-0.39, 0.29) is 5.69 Å². The molecule has 8 nitrogen and oxygen atoms in total. The van der Waals surface area contributed by atoms with Crippen molar-refractivity contribution in [3.05, 3.63) is 81.0 Å². The number of allylic oxidation sites excluding steroid dienone is 1. The standard InChI is InChI=1S/C25H22N2O6/c1-15(24(28)32-2)33-25(29)22-19-10-3-4-12-21(19)26-23-17(8-6-11-20(22)23)13-16-7-5-9-18(14-16)27(30)31/h3-5,7,9-10,12-15H,6,8,11H2,1-2H3/b17-13+. The minimum atomic E-state index is -1.05.